The Hall–Kier alpha value is -1.18. The Balaban J connectivity index is 1.92. The Labute approximate surface area is 129 Å². The van der Waals surface area contributed by atoms with Crippen molar-refractivity contribution < 1.29 is 14.4 Å². The molecule has 0 aliphatic heterocycles. The molecule has 110 valence electrons. The zero-order chi connectivity index (χ0) is 14.9. The molecule has 0 unspecified atom stereocenters. The fourth-order valence-electron chi connectivity index (χ4n) is 1.90. The topological polar surface area (TPSA) is 87.7 Å². The molecule has 0 atom stereocenters. The van der Waals surface area contributed by atoms with Crippen LogP contribution in [0.15, 0.2) is 35.8 Å². The lowest BCUT2D eigenvalue weighted by molar-refractivity contribution is 0.379. The molecule has 0 amide bonds. The van der Waals surface area contributed by atoms with Crippen LogP contribution in [0.5, 0.6) is 0 Å². The van der Waals surface area contributed by atoms with E-state index < -0.39 is 7.60 Å². The summed E-state index contributed by atoms with van der Waals surface area (Å²) in [6, 6.07) is 7.68. The molecule has 21 heavy (non-hydrogen) atoms. The third kappa shape index (κ3) is 3.53. The van der Waals surface area contributed by atoms with Crippen molar-refractivity contribution >= 4 is 36.3 Å². The van der Waals surface area contributed by atoms with Crippen molar-refractivity contribution in [2.24, 2.45) is 0 Å². The summed E-state index contributed by atoms with van der Waals surface area (Å²) >= 11 is 2.79. The molecular formula is C12H12N3O3PS2. The van der Waals surface area contributed by atoms with Crippen LogP contribution in [0, 0.1) is 0 Å². The van der Waals surface area contributed by atoms with E-state index in [1.807, 2.05) is 29.6 Å². The molecule has 0 fully saturated rings. The summed E-state index contributed by atoms with van der Waals surface area (Å²) in [7, 11) is -3.99. The molecule has 0 aliphatic carbocycles. The van der Waals surface area contributed by atoms with Crippen molar-refractivity contribution in [1.29, 1.82) is 0 Å². The summed E-state index contributed by atoms with van der Waals surface area (Å²) < 4.78 is 12.6. The molecule has 6 nitrogen and oxygen atoms in total. The average molecular weight is 341 g/mol. The maximum atomic E-state index is 10.9. The van der Waals surface area contributed by atoms with E-state index in [1.54, 1.807) is 22.0 Å². The largest absolute Gasteiger partial charge is 0.335 e. The summed E-state index contributed by atoms with van der Waals surface area (Å²) in [5.41, 5.74) is 2.25. The van der Waals surface area contributed by atoms with E-state index >= 15 is 0 Å². The maximum Gasteiger partial charge on any atom is 0.335 e. The highest BCUT2D eigenvalue weighted by Gasteiger charge is 2.14. The number of aromatic nitrogens is 3. The van der Waals surface area contributed by atoms with Crippen LogP contribution in [0.25, 0.3) is 16.2 Å². The summed E-state index contributed by atoms with van der Waals surface area (Å²) in [5, 5.41) is 6.19. The number of rotatable bonds is 5. The monoisotopic (exact) mass is 341 g/mol. The molecule has 0 aromatic carbocycles. The second-order valence-corrected chi connectivity index (χ2v) is 8.36. The molecule has 3 rings (SSSR count). The lowest BCUT2D eigenvalue weighted by Gasteiger charge is -2.08. The zero-order valence-corrected chi connectivity index (χ0v) is 13.3. The molecular weight excluding hydrogens is 329 g/mol. The highest BCUT2D eigenvalue weighted by molar-refractivity contribution is 8.03. The number of thiophene rings is 1. The van der Waals surface area contributed by atoms with Gasteiger partial charge in [0.2, 0.25) is 0 Å². The minimum Gasteiger partial charge on any atom is -0.324 e. The van der Waals surface area contributed by atoms with Crippen molar-refractivity contribution in [3.63, 3.8) is 0 Å². The van der Waals surface area contributed by atoms with Gasteiger partial charge in [-0.1, -0.05) is 6.07 Å². The smallest absolute Gasteiger partial charge is 0.324 e. The van der Waals surface area contributed by atoms with Crippen molar-refractivity contribution in [2.75, 3.05) is 5.49 Å². The van der Waals surface area contributed by atoms with Crippen LogP contribution in [0.2, 0.25) is 0 Å². The Morgan fingerprint density at radius 3 is 2.95 bits per heavy atom. The molecule has 3 aromatic rings. The molecule has 9 heteroatoms. The molecule has 3 heterocycles. The highest BCUT2D eigenvalue weighted by Crippen LogP contribution is 2.39. The summed E-state index contributed by atoms with van der Waals surface area (Å²) in [6.07, 6.45) is 1.66. The Morgan fingerprint density at radius 2 is 2.24 bits per heavy atom. The summed E-state index contributed by atoms with van der Waals surface area (Å²) in [6.45, 7) is 0. The number of thioether (sulfide) groups is 1. The van der Waals surface area contributed by atoms with Gasteiger partial charge in [0.1, 0.15) is 0 Å². The van der Waals surface area contributed by atoms with E-state index in [0.717, 1.165) is 21.9 Å². The molecule has 0 bridgehead atoms. The standard InChI is InChI=1S/C12H12N3O3PS2/c16-19(17,18)8-20-7-9-6-10(11-2-1-5-21-11)14-12-3-4-13-15(9)12/h1-6H,7-8H2,(H2,16,17,18). The SMILES string of the molecule is O=P(O)(O)CSCc1cc(-c2cccs2)nc2ccnn12. The lowest BCUT2D eigenvalue weighted by Crippen LogP contribution is -2.00. The molecule has 2 N–H and O–H groups in total. The van der Waals surface area contributed by atoms with Gasteiger partial charge in [0, 0.05) is 11.8 Å². The molecule has 0 saturated carbocycles. The fourth-order valence-corrected chi connectivity index (χ4v) is 4.32. The highest BCUT2D eigenvalue weighted by atomic mass is 32.2. The number of fused-ring (bicyclic) bond motifs is 1. The van der Waals surface area contributed by atoms with Gasteiger partial charge in [0.05, 0.1) is 28.0 Å². The second kappa shape index (κ2) is 5.90. The van der Waals surface area contributed by atoms with Gasteiger partial charge in [-0.05, 0) is 17.5 Å². The van der Waals surface area contributed by atoms with Crippen molar-refractivity contribution in [3.05, 3.63) is 41.5 Å². The molecule has 0 spiro atoms. The van der Waals surface area contributed by atoms with Gasteiger partial charge in [-0.2, -0.15) is 5.10 Å². The third-order valence-electron chi connectivity index (χ3n) is 2.72. The minimum atomic E-state index is -3.99. The fraction of sp³-hybridized carbons (Fsp3) is 0.167. The van der Waals surface area contributed by atoms with Crippen molar-refractivity contribution in [3.8, 4) is 10.6 Å². The zero-order valence-electron chi connectivity index (χ0n) is 10.8. The van der Waals surface area contributed by atoms with E-state index in [1.165, 1.54) is 11.8 Å². The van der Waals surface area contributed by atoms with Gasteiger partial charge in [0.15, 0.2) is 5.65 Å². The van der Waals surface area contributed by atoms with Crippen molar-refractivity contribution in [1.82, 2.24) is 14.6 Å². The van der Waals surface area contributed by atoms with E-state index in [-0.39, 0.29) is 5.49 Å². The van der Waals surface area contributed by atoms with Gasteiger partial charge in [-0.25, -0.2) is 9.50 Å². The average Bonchev–Trinajstić information content (AvgIpc) is 3.08. The Bertz CT molecular complexity index is 797. The van der Waals surface area contributed by atoms with Crippen LogP contribution in [-0.4, -0.2) is 29.9 Å². The first-order valence-corrected chi connectivity index (χ1v) is 9.86. The van der Waals surface area contributed by atoms with Gasteiger partial charge in [-0.15, -0.1) is 23.1 Å². The molecule has 3 aromatic heterocycles. The Morgan fingerprint density at radius 1 is 1.38 bits per heavy atom. The molecule has 0 saturated heterocycles. The predicted molar refractivity (Wildman–Crippen MR) is 84.5 cm³/mol. The minimum absolute atomic E-state index is 0.202. The number of hydrogen-bond donors (Lipinski definition) is 2. The van der Waals surface area contributed by atoms with E-state index in [4.69, 9.17) is 9.79 Å². The first-order chi connectivity index (χ1) is 10.0. The van der Waals surface area contributed by atoms with Crippen LogP contribution in [0.3, 0.4) is 0 Å². The number of hydrogen-bond acceptors (Lipinski definition) is 5. The normalized spacial score (nSPS) is 12.1. The van der Waals surface area contributed by atoms with E-state index in [2.05, 4.69) is 10.1 Å². The van der Waals surface area contributed by atoms with Crippen LogP contribution >= 0.6 is 30.7 Å². The Kier molecular flexibility index (Phi) is 4.14. The lowest BCUT2D eigenvalue weighted by atomic mass is 10.3. The first-order valence-electron chi connectivity index (χ1n) is 6.03. The van der Waals surface area contributed by atoms with Crippen LogP contribution in [0.4, 0.5) is 0 Å². The van der Waals surface area contributed by atoms with Gasteiger partial charge in [0.25, 0.3) is 0 Å². The van der Waals surface area contributed by atoms with Gasteiger partial charge < -0.3 is 9.79 Å². The molecule has 0 radical (unpaired) electrons. The van der Waals surface area contributed by atoms with E-state index in [0.29, 0.717) is 5.75 Å². The third-order valence-corrected chi connectivity index (χ3v) is 6.18. The van der Waals surface area contributed by atoms with E-state index in [9.17, 15) is 4.57 Å². The van der Waals surface area contributed by atoms with Gasteiger partial charge >= 0.3 is 7.60 Å². The second-order valence-electron chi connectivity index (χ2n) is 4.35. The first kappa shape index (κ1) is 14.7. The number of nitrogens with zero attached hydrogens (tertiary/aromatic N) is 3. The van der Waals surface area contributed by atoms with Crippen LogP contribution in [0.1, 0.15) is 5.69 Å². The maximum absolute atomic E-state index is 10.9. The van der Waals surface area contributed by atoms with Crippen LogP contribution in [-0.2, 0) is 10.3 Å². The molecule has 0 aliphatic rings. The van der Waals surface area contributed by atoms with Crippen LogP contribution < -0.4 is 0 Å². The van der Waals surface area contributed by atoms with Gasteiger partial charge in [-0.3, -0.25) is 4.57 Å². The quantitative estimate of drug-likeness (QED) is 0.694. The van der Waals surface area contributed by atoms with Crippen molar-refractivity contribution in [2.45, 2.75) is 5.75 Å². The summed E-state index contributed by atoms with van der Waals surface area (Å²) in [5.74, 6) is 0.462. The summed E-state index contributed by atoms with van der Waals surface area (Å²) in [4.78, 5) is 23.5. The predicted octanol–water partition coefficient (Wildman–Crippen LogP) is 2.83.